The monoisotopic (exact) mass is 483 g/mol. The standard InChI is InChI=1S/C25H29N3O5S/c26-25-21(15-23(30)32-10-9-29)14-20-13-19(5-6-22(20)33-25)24(31)18-3-1-17(2-4-18)16-27-28-7-11-34-12-8-28/h1-6,13,16,21,25,29H,7-12,14-15,26H2. The molecule has 2 aromatic carbocycles. The first-order chi connectivity index (χ1) is 16.5. The number of carbonyl (C=O) groups is 2. The maximum Gasteiger partial charge on any atom is 0.306 e. The van der Waals surface area contributed by atoms with E-state index in [9.17, 15) is 9.59 Å². The highest BCUT2D eigenvalue weighted by Crippen LogP contribution is 2.32. The van der Waals surface area contributed by atoms with E-state index in [1.165, 1.54) is 0 Å². The quantitative estimate of drug-likeness (QED) is 0.333. The summed E-state index contributed by atoms with van der Waals surface area (Å²) in [5, 5.41) is 15.4. The molecular formula is C25H29N3O5S. The normalized spacial score (nSPS) is 20.0. The van der Waals surface area contributed by atoms with Gasteiger partial charge in [0.1, 0.15) is 12.4 Å². The number of nitrogens with zero attached hydrogens (tertiary/aromatic N) is 2. The number of hydrogen-bond acceptors (Lipinski definition) is 9. The summed E-state index contributed by atoms with van der Waals surface area (Å²) >= 11 is 1.94. The SMILES string of the molecule is NC1Oc2ccc(C(=O)c3ccc(C=NN4CCSCC4)cc3)cc2CC1CC(=O)OCCO. The molecule has 2 aromatic rings. The Morgan fingerprint density at radius 1 is 1.18 bits per heavy atom. The molecule has 180 valence electrons. The topological polar surface area (TPSA) is 114 Å². The number of aliphatic hydroxyl groups excluding tert-OH is 1. The van der Waals surface area contributed by atoms with E-state index in [2.05, 4.69) is 10.1 Å². The van der Waals surface area contributed by atoms with Crippen molar-refractivity contribution >= 4 is 29.7 Å². The van der Waals surface area contributed by atoms with Crippen LogP contribution >= 0.6 is 11.8 Å². The van der Waals surface area contributed by atoms with E-state index in [4.69, 9.17) is 20.3 Å². The van der Waals surface area contributed by atoms with E-state index in [1.54, 1.807) is 18.2 Å². The average molecular weight is 484 g/mol. The van der Waals surface area contributed by atoms with Crippen LogP contribution in [-0.4, -0.2) is 72.1 Å². The molecule has 2 atom stereocenters. The van der Waals surface area contributed by atoms with Crippen LogP contribution in [0, 0.1) is 5.92 Å². The van der Waals surface area contributed by atoms with E-state index in [-0.39, 0.29) is 31.3 Å². The van der Waals surface area contributed by atoms with Gasteiger partial charge in [0.25, 0.3) is 0 Å². The Kier molecular flexibility index (Phi) is 8.21. The maximum absolute atomic E-state index is 13.1. The summed E-state index contributed by atoms with van der Waals surface area (Å²) in [6.07, 6.45) is 1.76. The minimum Gasteiger partial charge on any atom is -0.475 e. The van der Waals surface area contributed by atoms with Gasteiger partial charge in [-0.05, 0) is 35.7 Å². The second-order valence-electron chi connectivity index (χ2n) is 8.28. The van der Waals surface area contributed by atoms with Gasteiger partial charge in [-0.2, -0.15) is 16.9 Å². The molecule has 3 N–H and O–H groups in total. The van der Waals surface area contributed by atoms with Gasteiger partial charge < -0.3 is 14.6 Å². The zero-order valence-electron chi connectivity index (χ0n) is 18.9. The fraction of sp³-hybridized carbons (Fsp3) is 0.400. The Bertz CT molecular complexity index is 1040. The van der Waals surface area contributed by atoms with Gasteiger partial charge in [-0.25, -0.2) is 0 Å². The molecule has 9 heteroatoms. The lowest BCUT2D eigenvalue weighted by Crippen LogP contribution is -2.41. The third-order valence-corrected chi connectivity index (χ3v) is 6.79. The van der Waals surface area contributed by atoms with E-state index >= 15 is 0 Å². The summed E-state index contributed by atoms with van der Waals surface area (Å²) in [5.74, 6) is 2.01. The first-order valence-corrected chi connectivity index (χ1v) is 12.5. The molecule has 2 aliphatic heterocycles. The van der Waals surface area contributed by atoms with Gasteiger partial charge in [-0.15, -0.1) is 0 Å². The minimum atomic E-state index is -0.645. The van der Waals surface area contributed by atoms with Crippen LogP contribution in [-0.2, 0) is 16.0 Å². The summed E-state index contributed by atoms with van der Waals surface area (Å²) < 4.78 is 10.7. The molecule has 0 radical (unpaired) electrons. The number of benzene rings is 2. The summed E-state index contributed by atoms with van der Waals surface area (Å²) in [4.78, 5) is 25.0. The first-order valence-electron chi connectivity index (χ1n) is 11.4. The molecule has 0 spiro atoms. The van der Waals surface area contributed by atoms with E-state index in [1.807, 2.05) is 42.2 Å². The molecule has 0 bridgehead atoms. The molecule has 0 saturated carbocycles. The summed E-state index contributed by atoms with van der Waals surface area (Å²) in [6.45, 7) is 1.64. The van der Waals surface area contributed by atoms with Crippen molar-refractivity contribution in [3.63, 3.8) is 0 Å². The van der Waals surface area contributed by atoms with Crippen LogP contribution < -0.4 is 10.5 Å². The minimum absolute atomic E-state index is 0.0427. The molecule has 34 heavy (non-hydrogen) atoms. The molecule has 2 heterocycles. The van der Waals surface area contributed by atoms with Crippen molar-refractivity contribution in [2.24, 2.45) is 16.8 Å². The van der Waals surface area contributed by atoms with E-state index < -0.39 is 12.2 Å². The summed E-state index contributed by atoms with van der Waals surface area (Å²) in [7, 11) is 0. The average Bonchev–Trinajstić information content (AvgIpc) is 2.87. The number of nitrogens with two attached hydrogens (primary N) is 1. The fourth-order valence-corrected chi connectivity index (χ4v) is 4.85. The van der Waals surface area contributed by atoms with Crippen LogP contribution in [0.1, 0.15) is 33.5 Å². The number of hydrazone groups is 1. The van der Waals surface area contributed by atoms with Gasteiger partial charge in [-0.3, -0.25) is 20.3 Å². The third kappa shape index (κ3) is 6.16. The van der Waals surface area contributed by atoms with Gasteiger partial charge in [0.2, 0.25) is 0 Å². The molecule has 2 unspecified atom stereocenters. The van der Waals surface area contributed by atoms with Gasteiger partial charge in [0.05, 0.1) is 19.2 Å². The van der Waals surface area contributed by atoms with Crippen molar-refractivity contribution in [3.8, 4) is 5.75 Å². The highest BCUT2D eigenvalue weighted by atomic mass is 32.2. The lowest BCUT2D eigenvalue weighted by molar-refractivity contribution is -0.146. The lowest BCUT2D eigenvalue weighted by atomic mass is 9.90. The van der Waals surface area contributed by atoms with Crippen molar-refractivity contribution in [1.29, 1.82) is 0 Å². The van der Waals surface area contributed by atoms with Crippen molar-refractivity contribution in [1.82, 2.24) is 5.01 Å². The van der Waals surface area contributed by atoms with Gasteiger partial charge >= 0.3 is 5.97 Å². The second-order valence-corrected chi connectivity index (χ2v) is 9.50. The number of esters is 1. The number of ether oxygens (including phenoxy) is 2. The molecule has 0 amide bonds. The number of rotatable bonds is 8. The van der Waals surface area contributed by atoms with Crippen molar-refractivity contribution in [2.75, 3.05) is 37.8 Å². The Balaban J connectivity index is 1.42. The van der Waals surface area contributed by atoms with Crippen LogP contribution in [0.3, 0.4) is 0 Å². The molecule has 8 nitrogen and oxygen atoms in total. The van der Waals surface area contributed by atoms with Crippen LogP contribution in [0.5, 0.6) is 5.75 Å². The summed E-state index contributed by atoms with van der Waals surface area (Å²) in [6, 6.07) is 12.7. The third-order valence-electron chi connectivity index (χ3n) is 5.85. The first kappa shape index (κ1) is 24.3. The highest BCUT2D eigenvalue weighted by molar-refractivity contribution is 7.99. The Hall–Kier alpha value is -2.88. The molecule has 2 aliphatic rings. The molecular weight excluding hydrogens is 454 g/mol. The van der Waals surface area contributed by atoms with Crippen LogP contribution in [0.25, 0.3) is 0 Å². The molecule has 1 fully saturated rings. The van der Waals surface area contributed by atoms with Crippen LogP contribution in [0.15, 0.2) is 47.6 Å². The second kappa shape index (κ2) is 11.5. The largest absolute Gasteiger partial charge is 0.475 e. The molecule has 4 rings (SSSR count). The van der Waals surface area contributed by atoms with Gasteiger partial charge in [-0.1, -0.05) is 24.3 Å². The number of fused-ring (bicyclic) bond motifs is 1. The fourth-order valence-electron chi connectivity index (χ4n) is 3.96. The highest BCUT2D eigenvalue weighted by Gasteiger charge is 2.30. The smallest absolute Gasteiger partial charge is 0.306 e. The predicted octanol–water partition coefficient (Wildman–Crippen LogP) is 2.06. The van der Waals surface area contributed by atoms with Gasteiger partial charge in [0.15, 0.2) is 12.0 Å². The molecule has 0 aromatic heterocycles. The Labute approximate surface area is 203 Å². The molecule has 0 aliphatic carbocycles. The van der Waals surface area contributed by atoms with E-state index in [0.29, 0.717) is 23.3 Å². The number of carbonyl (C=O) groups excluding carboxylic acids is 2. The van der Waals surface area contributed by atoms with E-state index in [0.717, 1.165) is 35.7 Å². The zero-order chi connectivity index (χ0) is 23.9. The van der Waals surface area contributed by atoms with Gasteiger partial charge in [0, 0.05) is 41.6 Å². The molecule has 1 saturated heterocycles. The Morgan fingerprint density at radius 2 is 1.91 bits per heavy atom. The lowest BCUT2D eigenvalue weighted by Gasteiger charge is -2.30. The number of aliphatic hydroxyl groups is 1. The number of hydrogen-bond donors (Lipinski definition) is 2. The maximum atomic E-state index is 13.1. The van der Waals surface area contributed by atoms with Crippen LogP contribution in [0.4, 0.5) is 0 Å². The predicted molar refractivity (Wildman–Crippen MR) is 131 cm³/mol. The van der Waals surface area contributed by atoms with Crippen molar-refractivity contribution in [3.05, 3.63) is 64.7 Å². The Morgan fingerprint density at radius 3 is 2.65 bits per heavy atom. The number of thioether (sulfide) groups is 1. The van der Waals surface area contributed by atoms with Crippen molar-refractivity contribution in [2.45, 2.75) is 19.1 Å². The zero-order valence-corrected chi connectivity index (χ0v) is 19.7. The summed E-state index contributed by atoms with van der Waals surface area (Å²) in [5.41, 5.74) is 8.99. The number of ketones is 1. The van der Waals surface area contributed by atoms with Crippen LogP contribution in [0.2, 0.25) is 0 Å². The van der Waals surface area contributed by atoms with Crippen molar-refractivity contribution < 1.29 is 24.2 Å².